The van der Waals surface area contributed by atoms with Gasteiger partial charge in [-0.1, -0.05) is 60.2 Å². The fourth-order valence-electron chi connectivity index (χ4n) is 4.35. The zero-order valence-corrected chi connectivity index (χ0v) is 16.9. The normalized spacial score (nSPS) is 21.4. The van der Waals surface area contributed by atoms with Crippen molar-refractivity contribution in [3.05, 3.63) is 82.6 Å². The first-order valence-electron chi connectivity index (χ1n) is 10.1. The van der Waals surface area contributed by atoms with Gasteiger partial charge in [0.15, 0.2) is 5.78 Å². The molecule has 0 bridgehead atoms. The number of hydrogen-bond acceptors (Lipinski definition) is 4. The van der Waals surface area contributed by atoms with Crippen molar-refractivity contribution in [1.82, 2.24) is 0 Å². The number of aryl methyl sites for hydroxylation is 1. The molecule has 0 fully saturated rings. The lowest BCUT2D eigenvalue weighted by Gasteiger charge is -2.34. The third kappa shape index (κ3) is 3.93. The average molecular weight is 387 g/mol. The zero-order chi connectivity index (χ0) is 20.4. The smallest absolute Gasteiger partial charge is 0.315 e. The third-order valence-electron chi connectivity index (χ3n) is 5.71. The maximum Gasteiger partial charge on any atom is 0.315 e. The highest BCUT2D eigenvalue weighted by Crippen LogP contribution is 2.43. The molecule has 0 unspecified atom stereocenters. The molecule has 2 aromatic rings. The summed E-state index contributed by atoms with van der Waals surface area (Å²) in [7, 11) is 0. The molecule has 0 N–H and O–H groups in total. The van der Waals surface area contributed by atoms with Gasteiger partial charge < -0.3 is 4.74 Å². The van der Waals surface area contributed by atoms with Crippen molar-refractivity contribution in [1.29, 1.82) is 0 Å². The van der Waals surface area contributed by atoms with E-state index in [1.54, 1.807) is 0 Å². The van der Waals surface area contributed by atoms with E-state index in [0.29, 0.717) is 12.0 Å². The summed E-state index contributed by atoms with van der Waals surface area (Å²) in [6, 6.07) is 17.7. The first-order chi connectivity index (χ1) is 14.0. The molecule has 0 spiro atoms. The van der Waals surface area contributed by atoms with Gasteiger partial charge in [-0.05, 0) is 37.8 Å². The lowest BCUT2D eigenvalue weighted by Crippen LogP contribution is -2.37. The number of hydrogen-bond donors (Lipinski definition) is 0. The second-order valence-corrected chi connectivity index (χ2v) is 7.85. The fraction of sp³-hybridized carbons (Fsp3) is 0.320. The molecule has 2 atom stereocenters. The Morgan fingerprint density at radius 2 is 1.86 bits per heavy atom. The number of ketones is 1. The molecule has 148 valence electrons. The minimum Gasteiger partial charge on any atom is -0.460 e. The summed E-state index contributed by atoms with van der Waals surface area (Å²) in [5.41, 5.74) is 5.29. The largest absolute Gasteiger partial charge is 0.460 e. The Balaban J connectivity index is 1.70. The van der Waals surface area contributed by atoms with Crippen molar-refractivity contribution in [2.24, 2.45) is 10.9 Å². The summed E-state index contributed by atoms with van der Waals surface area (Å²) in [4.78, 5) is 30.8. The first-order valence-corrected chi connectivity index (χ1v) is 10.1. The molecule has 0 amide bonds. The summed E-state index contributed by atoms with van der Waals surface area (Å²) < 4.78 is 5.68. The molecule has 2 aromatic carbocycles. The van der Waals surface area contributed by atoms with Crippen LogP contribution in [0.2, 0.25) is 0 Å². The Bertz CT molecular complexity index is 1000. The Morgan fingerprint density at radius 3 is 2.62 bits per heavy atom. The van der Waals surface area contributed by atoms with E-state index in [2.05, 4.69) is 11.1 Å². The van der Waals surface area contributed by atoms with Gasteiger partial charge in [0.25, 0.3) is 0 Å². The van der Waals surface area contributed by atoms with Crippen LogP contribution in [0.1, 0.15) is 48.8 Å². The Kier molecular flexibility index (Phi) is 5.43. The lowest BCUT2D eigenvalue weighted by molar-refractivity contribution is -0.148. The molecule has 0 saturated carbocycles. The quantitative estimate of drug-likeness (QED) is 0.700. The summed E-state index contributed by atoms with van der Waals surface area (Å²) in [5.74, 6) is -1.14. The number of rotatable bonds is 4. The highest BCUT2D eigenvalue weighted by Gasteiger charge is 2.43. The van der Waals surface area contributed by atoms with Gasteiger partial charge >= 0.3 is 5.97 Å². The third-order valence-corrected chi connectivity index (χ3v) is 5.71. The first kappa shape index (κ1) is 19.3. The summed E-state index contributed by atoms with van der Waals surface area (Å²) in [5, 5.41) is 0. The van der Waals surface area contributed by atoms with E-state index in [1.807, 2.05) is 62.4 Å². The fourth-order valence-corrected chi connectivity index (χ4v) is 4.35. The van der Waals surface area contributed by atoms with Gasteiger partial charge in [-0.15, -0.1) is 0 Å². The van der Waals surface area contributed by atoms with Crippen LogP contribution in [0.25, 0.3) is 0 Å². The number of esters is 1. The van der Waals surface area contributed by atoms with Crippen LogP contribution in [-0.2, 0) is 20.9 Å². The Morgan fingerprint density at radius 1 is 1.07 bits per heavy atom. The highest BCUT2D eigenvalue weighted by molar-refractivity contribution is 6.08. The number of carbonyl (C=O) groups excluding carboxylic acids is 2. The summed E-state index contributed by atoms with van der Waals surface area (Å²) >= 11 is 0. The van der Waals surface area contributed by atoms with Crippen LogP contribution in [0.4, 0.5) is 0 Å². The molecule has 0 radical (unpaired) electrons. The summed E-state index contributed by atoms with van der Waals surface area (Å²) in [6.07, 6.45) is 2.12. The van der Waals surface area contributed by atoms with E-state index in [-0.39, 0.29) is 24.3 Å². The van der Waals surface area contributed by atoms with E-state index < -0.39 is 5.92 Å². The highest BCUT2D eigenvalue weighted by atomic mass is 16.5. The van der Waals surface area contributed by atoms with E-state index in [0.717, 1.165) is 40.9 Å². The van der Waals surface area contributed by atoms with Crippen molar-refractivity contribution in [2.75, 3.05) is 0 Å². The van der Waals surface area contributed by atoms with Gasteiger partial charge in [0.05, 0.1) is 0 Å². The number of benzene rings is 2. The van der Waals surface area contributed by atoms with E-state index in [1.165, 1.54) is 0 Å². The molecule has 29 heavy (non-hydrogen) atoms. The van der Waals surface area contributed by atoms with E-state index in [4.69, 9.17) is 4.74 Å². The van der Waals surface area contributed by atoms with Gasteiger partial charge in [-0.25, -0.2) is 0 Å². The number of nitrogens with zero attached hydrogens (tertiary/aromatic N) is 1. The van der Waals surface area contributed by atoms with Crippen LogP contribution in [-0.4, -0.2) is 17.5 Å². The molecule has 4 nitrogen and oxygen atoms in total. The van der Waals surface area contributed by atoms with Crippen molar-refractivity contribution >= 4 is 17.5 Å². The maximum absolute atomic E-state index is 13.2. The van der Waals surface area contributed by atoms with Gasteiger partial charge in [0.2, 0.25) is 0 Å². The number of aliphatic imine (C=N–C) groups is 1. The van der Waals surface area contributed by atoms with Gasteiger partial charge in [0, 0.05) is 29.3 Å². The van der Waals surface area contributed by atoms with Crippen molar-refractivity contribution in [3.63, 3.8) is 0 Å². The maximum atomic E-state index is 13.2. The molecule has 1 aliphatic carbocycles. The number of allylic oxidation sites excluding steroid dienone is 2. The minimum absolute atomic E-state index is 0.106. The van der Waals surface area contributed by atoms with Gasteiger partial charge in [0.1, 0.15) is 12.5 Å². The lowest BCUT2D eigenvalue weighted by atomic mass is 9.71. The zero-order valence-electron chi connectivity index (χ0n) is 16.9. The van der Waals surface area contributed by atoms with Crippen molar-refractivity contribution < 1.29 is 14.3 Å². The van der Waals surface area contributed by atoms with Crippen LogP contribution >= 0.6 is 0 Å². The second-order valence-electron chi connectivity index (χ2n) is 7.85. The molecule has 2 aliphatic rings. The minimum atomic E-state index is -0.582. The number of carbonyl (C=O) groups is 2. The predicted octanol–water partition coefficient (Wildman–Crippen LogP) is 4.92. The molecule has 4 heteroatoms. The standard InChI is InChI=1S/C25H25NO3/c1-16-8-6-11-19(14-16)23-22(25(28)29-15-18-9-4-3-5-10-18)17(2)26-20-12-7-13-21(27)24(20)23/h3-6,8-11,14,22-23H,7,12-13,15H2,1-2H3/t22-,23+/m1/s1. The average Bonchev–Trinajstić information content (AvgIpc) is 2.72. The van der Waals surface area contributed by atoms with Crippen LogP contribution in [0.5, 0.6) is 0 Å². The molecule has 4 rings (SSSR count). The molecule has 0 aromatic heterocycles. The van der Waals surface area contributed by atoms with Crippen LogP contribution in [0.15, 0.2) is 70.9 Å². The topological polar surface area (TPSA) is 55.7 Å². The van der Waals surface area contributed by atoms with E-state index >= 15 is 0 Å². The van der Waals surface area contributed by atoms with Crippen LogP contribution in [0, 0.1) is 12.8 Å². The molecular formula is C25H25NO3. The monoisotopic (exact) mass is 387 g/mol. The summed E-state index contributed by atoms with van der Waals surface area (Å²) in [6.45, 7) is 4.11. The Labute approximate surface area is 171 Å². The van der Waals surface area contributed by atoms with Crippen LogP contribution in [0.3, 0.4) is 0 Å². The van der Waals surface area contributed by atoms with Crippen molar-refractivity contribution in [2.45, 2.75) is 45.6 Å². The van der Waals surface area contributed by atoms with Crippen LogP contribution < -0.4 is 0 Å². The SMILES string of the molecule is CC1=NC2=C(C(=O)CCC2)[C@@H](c2cccc(C)c2)[C@@H]1C(=O)OCc1ccccc1. The second kappa shape index (κ2) is 8.16. The molecule has 1 aliphatic heterocycles. The Hall–Kier alpha value is -3.01. The van der Waals surface area contributed by atoms with E-state index in [9.17, 15) is 9.59 Å². The van der Waals surface area contributed by atoms with Gasteiger partial charge in [-0.3, -0.25) is 14.6 Å². The molecular weight excluding hydrogens is 362 g/mol. The number of ether oxygens (including phenoxy) is 1. The number of Topliss-reactive ketones (excluding diaryl/α,β-unsaturated/α-hetero) is 1. The predicted molar refractivity (Wildman–Crippen MR) is 113 cm³/mol. The molecule has 0 saturated heterocycles. The van der Waals surface area contributed by atoms with Crippen molar-refractivity contribution in [3.8, 4) is 0 Å². The molecule has 1 heterocycles. The van der Waals surface area contributed by atoms with Gasteiger partial charge in [-0.2, -0.15) is 0 Å².